The predicted molar refractivity (Wildman–Crippen MR) is 110 cm³/mol. The number of aliphatic imine (C=N–C) groups is 1. The van der Waals surface area contributed by atoms with E-state index in [9.17, 15) is 0 Å². The molecule has 0 aromatic heterocycles. The minimum absolute atomic E-state index is 0. The molecule has 2 aromatic carbocycles. The van der Waals surface area contributed by atoms with E-state index in [0.717, 1.165) is 17.7 Å². The first-order valence-corrected chi connectivity index (χ1v) is 7.53. The predicted octanol–water partition coefficient (Wildman–Crippen LogP) is 3.81. The standard InChI is InChI=1S/C18H23N3O2.HI/c1-4-13-5-8-15(9-6-13)21-18(19)20-12-14-7-10-16(22-2)17(11-14)23-3;/h5-11H,4,12H2,1-3H3,(H3,19,20,21);1H. The normalized spacial score (nSPS) is 10.7. The van der Waals surface area contributed by atoms with Gasteiger partial charge in [0.25, 0.3) is 0 Å². The van der Waals surface area contributed by atoms with Gasteiger partial charge in [0.1, 0.15) is 0 Å². The van der Waals surface area contributed by atoms with E-state index in [1.807, 2.05) is 30.3 Å². The van der Waals surface area contributed by atoms with Crippen molar-refractivity contribution in [2.75, 3.05) is 19.5 Å². The van der Waals surface area contributed by atoms with Crippen LogP contribution < -0.4 is 20.5 Å². The molecule has 6 heteroatoms. The van der Waals surface area contributed by atoms with E-state index in [1.54, 1.807) is 14.2 Å². The Bertz CT molecular complexity index is 672. The molecule has 0 aliphatic heterocycles. The van der Waals surface area contributed by atoms with Gasteiger partial charge in [0.05, 0.1) is 20.8 Å². The summed E-state index contributed by atoms with van der Waals surface area (Å²) in [6, 6.07) is 13.8. The summed E-state index contributed by atoms with van der Waals surface area (Å²) in [6.07, 6.45) is 1.02. The summed E-state index contributed by atoms with van der Waals surface area (Å²) in [5.41, 5.74) is 9.14. The molecule has 24 heavy (non-hydrogen) atoms. The first kappa shape index (κ1) is 20.1. The molecule has 130 valence electrons. The topological polar surface area (TPSA) is 68.9 Å². The Morgan fingerprint density at radius 2 is 1.62 bits per heavy atom. The number of nitrogens with one attached hydrogen (secondary N) is 1. The van der Waals surface area contributed by atoms with Crippen LogP contribution in [0.15, 0.2) is 47.5 Å². The zero-order chi connectivity index (χ0) is 16.7. The van der Waals surface area contributed by atoms with E-state index in [2.05, 4.69) is 29.4 Å². The Balaban J connectivity index is 0.00000288. The van der Waals surface area contributed by atoms with E-state index in [1.165, 1.54) is 5.56 Å². The SMILES string of the molecule is CCc1ccc(NC(N)=NCc2ccc(OC)c(OC)c2)cc1.I. The lowest BCUT2D eigenvalue weighted by Crippen LogP contribution is -2.22. The molecule has 0 unspecified atom stereocenters. The average molecular weight is 441 g/mol. The van der Waals surface area contributed by atoms with E-state index in [0.29, 0.717) is 24.0 Å². The lowest BCUT2D eigenvalue weighted by molar-refractivity contribution is 0.354. The van der Waals surface area contributed by atoms with Crippen LogP contribution >= 0.6 is 24.0 Å². The van der Waals surface area contributed by atoms with Gasteiger partial charge in [-0.05, 0) is 41.8 Å². The van der Waals surface area contributed by atoms with Gasteiger partial charge in [0.2, 0.25) is 0 Å². The average Bonchev–Trinajstić information content (AvgIpc) is 2.60. The number of ether oxygens (including phenoxy) is 2. The molecule has 0 saturated carbocycles. The molecule has 0 spiro atoms. The van der Waals surface area contributed by atoms with Crippen molar-refractivity contribution < 1.29 is 9.47 Å². The first-order chi connectivity index (χ1) is 11.2. The molecule has 0 bridgehead atoms. The quantitative estimate of drug-likeness (QED) is 0.407. The molecule has 5 nitrogen and oxygen atoms in total. The molecule has 0 fully saturated rings. The number of guanidine groups is 1. The van der Waals surface area contributed by atoms with Crippen LogP contribution in [0.2, 0.25) is 0 Å². The number of nitrogens with two attached hydrogens (primary N) is 1. The maximum atomic E-state index is 5.93. The number of hydrogen-bond acceptors (Lipinski definition) is 3. The highest BCUT2D eigenvalue weighted by Crippen LogP contribution is 2.27. The van der Waals surface area contributed by atoms with Gasteiger partial charge in [-0.3, -0.25) is 0 Å². The highest BCUT2D eigenvalue weighted by atomic mass is 127. The molecular weight excluding hydrogens is 417 g/mol. The van der Waals surface area contributed by atoms with Gasteiger partial charge in [-0.2, -0.15) is 0 Å². The Labute approximate surface area is 160 Å². The van der Waals surface area contributed by atoms with Crippen molar-refractivity contribution in [1.82, 2.24) is 0 Å². The maximum absolute atomic E-state index is 5.93. The molecule has 0 heterocycles. The van der Waals surface area contributed by atoms with Crippen molar-refractivity contribution in [3.8, 4) is 11.5 Å². The zero-order valence-electron chi connectivity index (χ0n) is 14.2. The molecule has 2 aromatic rings. The third kappa shape index (κ3) is 5.59. The Hall–Kier alpha value is -1.96. The maximum Gasteiger partial charge on any atom is 0.193 e. The van der Waals surface area contributed by atoms with Crippen LogP contribution in [0.3, 0.4) is 0 Å². The second-order valence-corrected chi connectivity index (χ2v) is 5.07. The molecule has 0 aliphatic rings. The van der Waals surface area contributed by atoms with Gasteiger partial charge in [-0.15, -0.1) is 24.0 Å². The fraction of sp³-hybridized carbons (Fsp3) is 0.278. The molecule has 0 atom stereocenters. The summed E-state index contributed by atoms with van der Waals surface area (Å²) >= 11 is 0. The van der Waals surface area contributed by atoms with E-state index in [-0.39, 0.29) is 24.0 Å². The highest BCUT2D eigenvalue weighted by Gasteiger charge is 2.04. The van der Waals surface area contributed by atoms with Crippen molar-refractivity contribution in [2.45, 2.75) is 19.9 Å². The third-order valence-electron chi connectivity index (χ3n) is 3.51. The third-order valence-corrected chi connectivity index (χ3v) is 3.51. The smallest absolute Gasteiger partial charge is 0.193 e. The summed E-state index contributed by atoms with van der Waals surface area (Å²) in [5, 5.41) is 3.09. The van der Waals surface area contributed by atoms with Gasteiger partial charge in [-0.1, -0.05) is 25.1 Å². The molecule has 2 rings (SSSR count). The summed E-state index contributed by atoms with van der Waals surface area (Å²) in [5.74, 6) is 1.76. The molecule has 0 amide bonds. The monoisotopic (exact) mass is 441 g/mol. The van der Waals surface area contributed by atoms with Crippen molar-refractivity contribution in [3.63, 3.8) is 0 Å². The second-order valence-electron chi connectivity index (χ2n) is 5.07. The van der Waals surface area contributed by atoms with E-state index in [4.69, 9.17) is 15.2 Å². The fourth-order valence-electron chi connectivity index (χ4n) is 2.17. The summed E-state index contributed by atoms with van der Waals surface area (Å²) < 4.78 is 10.5. The largest absolute Gasteiger partial charge is 0.493 e. The Morgan fingerprint density at radius 1 is 1.00 bits per heavy atom. The zero-order valence-corrected chi connectivity index (χ0v) is 16.5. The number of benzene rings is 2. The number of anilines is 1. The number of hydrogen-bond donors (Lipinski definition) is 2. The van der Waals surface area contributed by atoms with Crippen molar-refractivity contribution >= 4 is 35.6 Å². The molecule has 0 saturated heterocycles. The first-order valence-electron chi connectivity index (χ1n) is 7.53. The number of aryl methyl sites for hydroxylation is 1. The van der Waals surface area contributed by atoms with Crippen LogP contribution in [-0.2, 0) is 13.0 Å². The summed E-state index contributed by atoms with van der Waals surface area (Å²) in [4.78, 5) is 4.35. The van der Waals surface area contributed by atoms with Crippen LogP contribution in [0.5, 0.6) is 11.5 Å². The highest BCUT2D eigenvalue weighted by molar-refractivity contribution is 14.0. The number of rotatable bonds is 6. The van der Waals surface area contributed by atoms with Crippen LogP contribution in [0.1, 0.15) is 18.1 Å². The van der Waals surface area contributed by atoms with Gasteiger partial charge < -0.3 is 20.5 Å². The van der Waals surface area contributed by atoms with Crippen LogP contribution in [-0.4, -0.2) is 20.2 Å². The molecular formula is C18H24IN3O2. The van der Waals surface area contributed by atoms with Crippen molar-refractivity contribution in [3.05, 3.63) is 53.6 Å². The van der Waals surface area contributed by atoms with Crippen molar-refractivity contribution in [1.29, 1.82) is 0 Å². The second kappa shape index (κ2) is 10.0. The molecule has 3 N–H and O–H groups in total. The number of halogens is 1. The van der Waals surface area contributed by atoms with Crippen LogP contribution in [0, 0.1) is 0 Å². The summed E-state index contributed by atoms with van der Waals surface area (Å²) in [6.45, 7) is 2.59. The van der Waals surface area contributed by atoms with E-state index < -0.39 is 0 Å². The van der Waals surface area contributed by atoms with Gasteiger partial charge in [0.15, 0.2) is 17.5 Å². The lowest BCUT2D eigenvalue weighted by atomic mass is 10.1. The Morgan fingerprint density at radius 3 is 2.21 bits per heavy atom. The van der Waals surface area contributed by atoms with Crippen molar-refractivity contribution in [2.24, 2.45) is 10.7 Å². The fourth-order valence-corrected chi connectivity index (χ4v) is 2.17. The van der Waals surface area contributed by atoms with Gasteiger partial charge in [0, 0.05) is 5.69 Å². The van der Waals surface area contributed by atoms with E-state index >= 15 is 0 Å². The van der Waals surface area contributed by atoms with Crippen LogP contribution in [0.4, 0.5) is 5.69 Å². The van der Waals surface area contributed by atoms with Gasteiger partial charge >= 0.3 is 0 Å². The van der Waals surface area contributed by atoms with Gasteiger partial charge in [-0.25, -0.2) is 4.99 Å². The Kier molecular flexibility index (Phi) is 8.39. The number of methoxy groups -OCH3 is 2. The minimum Gasteiger partial charge on any atom is -0.493 e. The van der Waals surface area contributed by atoms with Crippen LogP contribution in [0.25, 0.3) is 0 Å². The molecule has 0 aliphatic carbocycles. The number of nitrogens with zero attached hydrogens (tertiary/aromatic N) is 1. The summed E-state index contributed by atoms with van der Waals surface area (Å²) in [7, 11) is 3.22. The lowest BCUT2D eigenvalue weighted by Gasteiger charge is -2.09. The molecule has 0 radical (unpaired) electrons. The minimum atomic E-state index is 0.